The predicted molar refractivity (Wildman–Crippen MR) is 52.5 cm³/mol. The predicted octanol–water partition coefficient (Wildman–Crippen LogP) is 1.10. The summed E-state index contributed by atoms with van der Waals surface area (Å²) >= 11 is 0. The summed E-state index contributed by atoms with van der Waals surface area (Å²) in [7, 11) is 1.64. The summed E-state index contributed by atoms with van der Waals surface area (Å²) in [4.78, 5) is 0. The summed E-state index contributed by atoms with van der Waals surface area (Å²) in [5.74, 6) is -0.554. The maximum absolute atomic E-state index is 13.2. The first-order chi connectivity index (χ1) is 7.66. The Bertz CT molecular complexity index is 496. The van der Waals surface area contributed by atoms with Crippen molar-refractivity contribution in [3.63, 3.8) is 0 Å². The van der Waals surface area contributed by atoms with Gasteiger partial charge in [-0.2, -0.15) is 0 Å². The van der Waals surface area contributed by atoms with Crippen LogP contribution in [-0.4, -0.2) is 20.2 Å². The third-order valence-electron chi connectivity index (χ3n) is 2.06. The van der Waals surface area contributed by atoms with E-state index in [4.69, 9.17) is 0 Å². The van der Waals surface area contributed by atoms with Crippen molar-refractivity contribution in [3.8, 4) is 0 Å². The lowest BCUT2D eigenvalue weighted by molar-refractivity contribution is 0.587. The smallest absolute Gasteiger partial charge is 0.242 e. The summed E-state index contributed by atoms with van der Waals surface area (Å²) < 4.78 is 27.5. The maximum atomic E-state index is 13.2. The van der Waals surface area contributed by atoms with E-state index in [2.05, 4.69) is 20.8 Å². The molecule has 0 amide bonds. The molecule has 1 aromatic heterocycles. The van der Waals surface area contributed by atoms with E-state index in [1.54, 1.807) is 7.05 Å². The van der Waals surface area contributed by atoms with Crippen molar-refractivity contribution in [3.05, 3.63) is 35.4 Å². The van der Waals surface area contributed by atoms with Crippen molar-refractivity contribution in [2.75, 3.05) is 5.32 Å². The van der Waals surface area contributed by atoms with Gasteiger partial charge < -0.3 is 5.32 Å². The van der Waals surface area contributed by atoms with Crippen molar-refractivity contribution in [1.29, 1.82) is 0 Å². The fourth-order valence-corrected chi connectivity index (χ4v) is 1.23. The Balaban J connectivity index is 2.10. The fraction of sp³-hybridized carbons (Fsp3) is 0.222. The summed E-state index contributed by atoms with van der Waals surface area (Å²) in [6.07, 6.45) is 0. The van der Waals surface area contributed by atoms with E-state index in [9.17, 15) is 8.78 Å². The van der Waals surface area contributed by atoms with Crippen LogP contribution in [-0.2, 0) is 13.6 Å². The van der Waals surface area contributed by atoms with Gasteiger partial charge >= 0.3 is 0 Å². The first-order valence-corrected chi connectivity index (χ1v) is 4.57. The third kappa shape index (κ3) is 2.13. The number of anilines is 1. The molecule has 7 heteroatoms. The number of tetrazole rings is 1. The molecule has 0 radical (unpaired) electrons. The molecular formula is C9H9F2N5. The average Bonchev–Trinajstić information content (AvgIpc) is 2.66. The van der Waals surface area contributed by atoms with Gasteiger partial charge in [0.15, 0.2) is 0 Å². The molecule has 84 valence electrons. The highest BCUT2D eigenvalue weighted by Gasteiger charge is 2.06. The number of halogens is 2. The molecule has 1 N–H and O–H groups in total. The molecule has 1 heterocycles. The second kappa shape index (κ2) is 4.21. The fourth-order valence-electron chi connectivity index (χ4n) is 1.23. The number of aromatic nitrogens is 4. The van der Waals surface area contributed by atoms with E-state index < -0.39 is 11.6 Å². The Hall–Kier alpha value is -2.05. The van der Waals surface area contributed by atoms with Crippen LogP contribution in [0.2, 0.25) is 0 Å². The van der Waals surface area contributed by atoms with Crippen LogP contribution in [0.15, 0.2) is 18.2 Å². The molecule has 0 aliphatic rings. The van der Waals surface area contributed by atoms with Crippen molar-refractivity contribution in [2.45, 2.75) is 6.54 Å². The highest BCUT2D eigenvalue weighted by molar-refractivity contribution is 5.27. The van der Waals surface area contributed by atoms with Crippen LogP contribution in [0.25, 0.3) is 0 Å². The van der Waals surface area contributed by atoms with Crippen molar-refractivity contribution in [2.24, 2.45) is 7.05 Å². The van der Waals surface area contributed by atoms with E-state index >= 15 is 0 Å². The molecule has 0 saturated heterocycles. The van der Waals surface area contributed by atoms with Gasteiger partial charge in [-0.25, -0.2) is 13.5 Å². The highest BCUT2D eigenvalue weighted by atomic mass is 19.1. The van der Waals surface area contributed by atoms with Crippen molar-refractivity contribution >= 4 is 5.95 Å². The maximum Gasteiger partial charge on any atom is 0.242 e. The molecule has 16 heavy (non-hydrogen) atoms. The number of aryl methyl sites for hydroxylation is 1. The van der Waals surface area contributed by atoms with Gasteiger partial charge in [-0.05, 0) is 28.6 Å². The Morgan fingerprint density at radius 2 is 2.19 bits per heavy atom. The quantitative estimate of drug-likeness (QED) is 0.849. The van der Waals surface area contributed by atoms with Gasteiger partial charge in [-0.15, -0.1) is 0 Å². The zero-order chi connectivity index (χ0) is 11.5. The second-order valence-corrected chi connectivity index (χ2v) is 3.22. The number of benzene rings is 1. The lowest BCUT2D eigenvalue weighted by atomic mass is 10.2. The topological polar surface area (TPSA) is 55.6 Å². The van der Waals surface area contributed by atoms with Crippen LogP contribution in [0.3, 0.4) is 0 Å². The van der Waals surface area contributed by atoms with Gasteiger partial charge in [-0.3, -0.25) is 0 Å². The summed E-state index contributed by atoms with van der Waals surface area (Å²) in [5.41, 5.74) is 0.225. The van der Waals surface area contributed by atoms with Crippen LogP contribution in [0, 0.1) is 11.6 Å². The highest BCUT2D eigenvalue weighted by Crippen LogP contribution is 2.11. The van der Waals surface area contributed by atoms with E-state index in [0.29, 0.717) is 5.95 Å². The minimum Gasteiger partial charge on any atom is -0.349 e. The van der Waals surface area contributed by atoms with Gasteiger partial charge in [0.25, 0.3) is 0 Å². The summed E-state index contributed by atoms with van der Waals surface area (Å²) in [6, 6.07) is 3.29. The summed E-state index contributed by atoms with van der Waals surface area (Å²) in [5, 5.41) is 13.5. The average molecular weight is 225 g/mol. The molecule has 1 aromatic carbocycles. The van der Waals surface area contributed by atoms with Crippen LogP contribution >= 0.6 is 0 Å². The molecule has 0 atom stereocenters. The first-order valence-electron chi connectivity index (χ1n) is 4.57. The summed E-state index contributed by atoms with van der Waals surface area (Å²) in [6.45, 7) is 0.123. The molecule has 0 bridgehead atoms. The van der Waals surface area contributed by atoms with E-state index in [-0.39, 0.29) is 12.1 Å². The van der Waals surface area contributed by atoms with Crippen LogP contribution < -0.4 is 5.32 Å². The number of hydrogen-bond donors (Lipinski definition) is 1. The second-order valence-electron chi connectivity index (χ2n) is 3.22. The largest absolute Gasteiger partial charge is 0.349 e. The van der Waals surface area contributed by atoms with Gasteiger partial charge in [-0.1, -0.05) is 5.10 Å². The van der Waals surface area contributed by atoms with Crippen molar-refractivity contribution < 1.29 is 8.78 Å². The van der Waals surface area contributed by atoms with Crippen LogP contribution in [0.1, 0.15) is 5.56 Å². The van der Waals surface area contributed by atoms with Crippen LogP contribution in [0.5, 0.6) is 0 Å². The van der Waals surface area contributed by atoms with E-state index in [1.165, 1.54) is 4.68 Å². The molecule has 0 saturated carbocycles. The minimum absolute atomic E-state index is 0.123. The van der Waals surface area contributed by atoms with Gasteiger partial charge in [0.1, 0.15) is 11.6 Å². The number of nitrogens with one attached hydrogen (secondary N) is 1. The lowest BCUT2D eigenvalue weighted by Gasteiger charge is -2.05. The van der Waals surface area contributed by atoms with E-state index in [0.717, 1.165) is 18.2 Å². The molecule has 0 unspecified atom stereocenters. The molecule has 0 fully saturated rings. The zero-order valence-electron chi connectivity index (χ0n) is 8.48. The Morgan fingerprint density at radius 3 is 2.88 bits per heavy atom. The van der Waals surface area contributed by atoms with Crippen LogP contribution in [0.4, 0.5) is 14.7 Å². The Labute approximate surface area is 90.1 Å². The van der Waals surface area contributed by atoms with Gasteiger partial charge in [0.05, 0.1) is 0 Å². The zero-order valence-corrected chi connectivity index (χ0v) is 8.48. The normalized spacial score (nSPS) is 10.4. The molecule has 2 rings (SSSR count). The molecule has 0 spiro atoms. The lowest BCUT2D eigenvalue weighted by Crippen LogP contribution is -2.07. The SMILES string of the molecule is Cn1nnnc1NCc1cc(F)ccc1F. The minimum atomic E-state index is -0.478. The Morgan fingerprint density at radius 1 is 1.38 bits per heavy atom. The van der Waals surface area contributed by atoms with Crippen molar-refractivity contribution in [1.82, 2.24) is 20.2 Å². The molecular weight excluding hydrogens is 216 g/mol. The first kappa shape index (κ1) is 10.5. The van der Waals surface area contributed by atoms with E-state index in [1.807, 2.05) is 0 Å². The number of nitrogens with zero attached hydrogens (tertiary/aromatic N) is 4. The standard InChI is InChI=1S/C9H9F2N5/c1-16-9(13-14-15-16)12-5-6-4-7(10)2-3-8(6)11/h2-4H,5H2,1H3,(H,12,13,15). The number of rotatable bonds is 3. The monoisotopic (exact) mass is 225 g/mol. The molecule has 2 aromatic rings. The van der Waals surface area contributed by atoms with Gasteiger partial charge in [0, 0.05) is 19.2 Å². The Kier molecular flexibility index (Phi) is 2.76. The van der Waals surface area contributed by atoms with Gasteiger partial charge in [0.2, 0.25) is 5.95 Å². The third-order valence-corrected chi connectivity index (χ3v) is 2.06. The molecule has 0 aliphatic heterocycles. The number of hydrogen-bond acceptors (Lipinski definition) is 4. The molecule has 5 nitrogen and oxygen atoms in total. The molecule has 0 aliphatic carbocycles.